The second-order valence-corrected chi connectivity index (χ2v) is 4.01. The highest BCUT2D eigenvalue weighted by Crippen LogP contribution is 2.29. The first-order chi connectivity index (χ1) is 10.2. The molecule has 0 aliphatic rings. The normalized spacial score (nSPS) is 9.71. The number of benzene rings is 1. The number of methoxy groups -OCH3 is 1. The molecular formula is C14H11N3O4. The summed E-state index contributed by atoms with van der Waals surface area (Å²) in [5, 5.41) is 19.8. The smallest absolute Gasteiger partial charge is 0.312 e. The molecule has 0 N–H and O–H groups in total. The van der Waals surface area contributed by atoms with Gasteiger partial charge in [-0.05, 0) is 24.3 Å². The molecule has 1 heterocycles. The van der Waals surface area contributed by atoms with E-state index in [2.05, 4.69) is 4.98 Å². The van der Waals surface area contributed by atoms with Gasteiger partial charge in [-0.1, -0.05) is 0 Å². The van der Waals surface area contributed by atoms with Crippen molar-refractivity contribution in [2.75, 3.05) is 7.11 Å². The van der Waals surface area contributed by atoms with Crippen LogP contribution in [0.2, 0.25) is 0 Å². The fourth-order valence-electron chi connectivity index (χ4n) is 1.72. The van der Waals surface area contributed by atoms with Gasteiger partial charge in [0.15, 0.2) is 5.75 Å². The van der Waals surface area contributed by atoms with Crippen LogP contribution in [0.5, 0.6) is 11.6 Å². The molecule has 0 bridgehead atoms. The van der Waals surface area contributed by atoms with Crippen LogP contribution in [0.4, 0.5) is 5.69 Å². The van der Waals surface area contributed by atoms with Crippen molar-refractivity contribution in [3.05, 3.63) is 57.8 Å². The first kappa shape index (κ1) is 14.3. The lowest BCUT2D eigenvalue weighted by Crippen LogP contribution is -2.02. The highest BCUT2D eigenvalue weighted by atomic mass is 16.6. The first-order valence-corrected chi connectivity index (χ1v) is 5.95. The van der Waals surface area contributed by atoms with Gasteiger partial charge < -0.3 is 9.47 Å². The van der Waals surface area contributed by atoms with Gasteiger partial charge in [-0.3, -0.25) is 10.1 Å². The van der Waals surface area contributed by atoms with Crippen LogP contribution in [0.25, 0.3) is 0 Å². The second-order valence-electron chi connectivity index (χ2n) is 4.01. The van der Waals surface area contributed by atoms with Gasteiger partial charge in [-0.15, -0.1) is 0 Å². The SMILES string of the molecule is COc1ncccc1COc1ccc(C#N)cc1[N+](=O)[O-]. The third kappa shape index (κ3) is 3.25. The molecule has 1 aromatic carbocycles. The monoisotopic (exact) mass is 285 g/mol. The van der Waals surface area contributed by atoms with E-state index in [9.17, 15) is 10.1 Å². The van der Waals surface area contributed by atoms with E-state index in [-0.39, 0.29) is 23.6 Å². The Morgan fingerprint density at radius 3 is 2.90 bits per heavy atom. The second kappa shape index (κ2) is 6.34. The van der Waals surface area contributed by atoms with Gasteiger partial charge in [0, 0.05) is 12.3 Å². The summed E-state index contributed by atoms with van der Waals surface area (Å²) in [6, 6.07) is 9.36. The fourth-order valence-corrected chi connectivity index (χ4v) is 1.72. The molecule has 0 saturated heterocycles. The van der Waals surface area contributed by atoms with Crippen LogP contribution in [-0.2, 0) is 6.61 Å². The van der Waals surface area contributed by atoms with E-state index in [0.717, 1.165) is 0 Å². The van der Waals surface area contributed by atoms with Gasteiger partial charge in [-0.25, -0.2) is 4.98 Å². The number of pyridine rings is 1. The Morgan fingerprint density at radius 2 is 2.24 bits per heavy atom. The summed E-state index contributed by atoms with van der Waals surface area (Å²) in [7, 11) is 1.48. The van der Waals surface area contributed by atoms with Crippen LogP contribution in [0, 0.1) is 21.4 Å². The Morgan fingerprint density at radius 1 is 1.43 bits per heavy atom. The van der Waals surface area contributed by atoms with Crippen LogP contribution < -0.4 is 9.47 Å². The summed E-state index contributed by atoms with van der Waals surface area (Å²) >= 11 is 0. The highest BCUT2D eigenvalue weighted by Gasteiger charge is 2.17. The summed E-state index contributed by atoms with van der Waals surface area (Å²) < 4.78 is 10.5. The van der Waals surface area contributed by atoms with E-state index < -0.39 is 4.92 Å². The topological polar surface area (TPSA) is 98.3 Å². The number of nitriles is 1. The molecule has 1 aromatic heterocycles. The van der Waals surface area contributed by atoms with Crippen molar-refractivity contribution in [2.45, 2.75) is 6.61 Å². The predicted octanol–water partition coefficient (Wildman–Crippen LogP) is 2.45. The maximum absolute atomic E-state index is 11.0. The predicted molar refractivity (Wildman–Crippen MR) is 72.9 cm³/mol. The summed E-state index contributed by atoms with van der Waals surface area (Å²) in [5.41, 5.74) is 0.614. The minimum Gasteiger partial charge on any atom is -0.482 e. The molecule has 7 nitrogen and oxygen atoms in total. The Kier molecular flexibility index (Phi) is 4.31. The maximum Gasteiger partial charge on any atom is 0.312 e. The number of rotatable bonds is 5. The standard InChI is InChI=1S/C14H11N3O4/c1-20-14-11(3-2-6-16-14)9-21-13-5-4-10(8-15)7-12(13)17(18)19/h2-7H,9H2,1H3. The van der Waals surface area contributed by atoms with Crippen molar-refractivity contribution in [1.29, 1.82) is 5.26 Å². The van der Waals surface area contributed by atoms with Gasteiger partial charge in [0.2, 0.25) is 5.88 Å². The molecule has 0 radical (unpaired) electrons. The molecular weight excluding hydrogens is 274 g/mol. The largest absolute Gasteiger partial charge is 0.482 e. The van der Waals surface area contributed by atoms with Crippen molar-refractivity contribution < 1.29 is 14.4 Å². The fraction of sp³-hybridized carbons (Fsp3) is 0.143. The molecule has 7 heteroatoms. The van der Waals surface area contributed by atoms with Crippen LogP contribution in [-0.4, -0.2) is 17.0 Å². The Balaban J connectivity index is 2.24. The van der Waals surface area contributed by atoms with Gasteiger partial charge in [0.25, 0.3) is 0 Å². The summed E-state index contributed by atoms with van der Waals surface area (Å²) in [6.07, 6.45) is 1.58. The number of ether oxygens (including phenoxy) is 2. The summed E-state index contributed by atoms with van der Waals surface area (Å²) in [6.45, 7) is 0.0732. The average molecular weight is 285 g/mol. The number of nitrogens with zero attached hydrogens (tertiary/aromatic N) is 3. The van der Waals surface area contributed by atoms with Crippen LogP contribution in [0.3, 0.4) is 0 Å². The van der Waals surface area contributed by atoms with Crippen LogP contribution >= 0.6 is 0 Å². The Labute approximate surface area is 120 Å². The zero-order chi connectivity index (χ0) is 15.2. The number of hydrogen-bond acceptors (Lipinski definition) is 6. The van der Waals surface area contributed by atoms with Crippen LogP contribution in [0.15, 0.2) is 36.5 Å². The lowest BCUT2D eigenvalue weighted by molar-refractivity contribution is -0.386. The molecule has 0 saturated carbocycles. The zero-order valence-corrected chi connectivity index (χ0v) is 11.1. The third-order valence-corrected chi connectivity index (χ3v) is 2.71. The molecule has 2 rings (SSSR count). The minimum absolute atomic E-state index is 0.0732. The molecule has 2 aromatic rings. The van der Waals surface area contributed by atoms with Gasteiger partial charge in [0.05, 0.1) is 29.2 Å². The average Bonchev–Trinajstić information content (AvgIpc) is 2.52. The molecule has 21 heavy (non-hydrogen) atoms. The van der Waals surface area contributed by atoms with Crippen molar-refractivity contribution >= 4 is 5.69 Å². The first-order valence-electron chi connectivity index (χ1n) is 5.95. The number of nitro benzene ring substituents is 1. The van der Waals surface area contributed by atoms with Gasteiger partial charge >= 0.3 is 5.69 Å². The lowest BCUT2D eigenvalue weighted by atomic mass is 10.2. The molecule has 0 unspecified atom stereocenters. The molecule has 0 amide bonds. The number of aromatic nitrogens is 1. The molecule has 0 fully saturated rings. The van der Waals surface area contributed by atoms with Crippen molar-refractivity contribution in [3.8, 4) is 17.7 Å². The lowest BCUT2D eigenvalue weighted by Gasteiger charge is -2.09. The highest BCUT2D eigenvalue weighted by molar-refractivity contribution is 5.51. The maximum atomic E-state index is 11.0. The van der Waals surface area contributed by atoms with E-state index in [1.807, 2.05) is 6.07 Å². The van der Waals surface area contributed by atoms with Gasteiger partial charge in [-0.2, -0.15) is 5.26 Å². The Hall–Kier alpha value is -3.14. The summed E-state index contributed by atoms with van der Waals surface area (Å²) in [4.78, 5) is 14.4. The molecule has 106 valence electrons. The van der Waals surface area contributed by atoms with E-state index in [0.29, 0.717) is 11.4 Å². The van der Waals surface area contributed by atoms with Crippen molar-refractivity contribution in [3.63, 3.8) is 0 Å². The zero-order valence-electron chi connectivity index (χ0n) is 11.1. The molecule has 0 atom stereocenters. The van der Waals surface area contributed by atoms with E-state index in [4.69, 9.17) is 14.7 Å². The molecule has 0 aliphatic heterocycles. The van der Waals surface area contributed by atoms with E-state index >= 15 is 0 Å². The van der Waals surface area contributed by atoms with Crippen molar-refractivity contribution in [1.82, 2.24) is 4.98 Å². The van der Waals surface area contributed by atoms with E-state index in [1.165, 1.54) is 25.3 Å². The summed E-state index contributed by atoms with van der Waals surface area (Å²) in [5.74, 6) is 0.485. The van der Waals surface area contributed by atoms with Crippen molar-refractivity contribution in [2.24, 2.45) is 0 Å². The quantitative estimate of drug-likeness (QED) is 0.618. The molecule has 0 spiro atoms. The minimum atomic E-state index is -0.587. The Bertz CT molecular complexity index is 710. The van der Waals surface area contributed by atoms with E-state index in [1.54, 1.807) is 18.3 Å². The van der Waals surface area contributed by atoms with Gasteiger partial charge in [0.1, 0.15) is 6.61 Å². The van der Waals surface area contributed by atoms with Crippen LogP contribution in [0.1, 0.15) is 11.1 Å². The third-order valence-electron chi connectivity index (χ3n) is 2.71. The molecule has 0 aliphatic carbocycles. The number of nitro groups is 1. The number of hydrogen-bond donors (Lipinski definition) is 0.